The van der Waals surface area contributed by atoms with Crippen LogP contribution in [0.25, 0.3) is 6.20 Å². The molecular weight excluding hydrogens is 164 g/mol. The van der Waals surface area contributed by atoms with Gasteiger partial charge in [0.15, 0.2) is 0 Å². The average Bonchev–Trinajstić information content (AvgIpc) is 2.52. The maximum atomic E-state index is 9.31. The van der Waals surface area contributed by atoms with Crippen molar-refractivity contribution in [2.45, 2.75) is 24.7 Å². The third-order valence-corrected chi connectivity index (χ3v) is 3.01. The predicted octanol–water partition coefficient (Wildman–Crippen LogP) is 1.40. The molecule has 0 saturated heterocycles. The fourth-order valence-corrected chi connectivity index (χ4v) is 1.85. The Morgan fingerprint density at radius 1 is 1.69 bits per heavy atom. The minimum Gasteiger partial charge on any atom is -0.395 e. The van der Waals surface area contributed by atoms with Gasteiger partial charge in [0.05, 0.1) is 12.8 Å². The topological polar surface area (TPSA) is 38.0 Å². The van der Waals surface area contributed by atoms with Crippen LogP contribution < -0.4 is 0 Å². The van der Waals surface area contributed by atoms with Crippen LogP contribution in [0.2, 0.25) is 0 Å². The molecule has 1 aromatic heterocycles. The van der Waals surface area contributed by atoms with Gasteiger partial charge in [0.1, 0.15) is 0 Å². The van der Waals surface area contributed by atoms with Crippen LogP contribution in [0.1, 0.15) is 24.8 Å². The lowest BCUT2D eigenvalue weighted by atomic mass is 9.66. The Kier molecular flexibility index (Phi) is 1.96. The second-order valence-electron chi connectivity index (χ2n) is 3.68. The molecule has 1 N–H and O–H groups in total. The summed E-state index contributed by atoms with van der Waals surface area (Å²) in [7, 11) is 0. The van der Waals surface area contributed by atoms with E-state index in [0.717, 1.165) is 18.4 Å². The van der Waals surface area contributed by atoms with Crippen LogP contribution in [0.3, 0.4) is 0 Å². The monoisotopic (exact) mass is 178 g/mol. The number of nitrogens with zero attached hydrogens (tertiary/aromatic N) is 2. The molecule has 0 spiro atoms. The first kappa shape index (κ1) is 8.51. The van der Waals surface area contributed by atoms with Crippen LogP contribution in [0.5, 0.6) is 0 Å². The Bertz CT molecular complexity index is 307. The zero-order valence-corrected chi connectivity index (χ0v) is 7.61. The maximum Gasteiger partial charge on any atom is 0.0532 e. The van der Waals surface area contributed by atoms with E-state index < -0.39 is 0 Å². The molecule has 0 aromatic carbocycles. The summed E-state index contributed by atoms with van der Waals surface area (Å²) in [5.41, 5.74) is 1.14. The summed E-state index contributed by atoms with van der Waals surface area (Å²) in [5.74, 6) is 0. The number of hydrogen-bond donors (Lipinski definition) is 1. The zero-order chi connectivity index (χ0) is 9.31. The van der Waals surface area contributed by atoms with Gasteiger partial charge in [-0.3, -0.25) is 0 Å². The SMILES string of the molecule is C=Cn1cc(C2(CO)CCC2)cn1. The molecule has 1 saturated carbocycles. The van der Waals surface area contributed by atoms with Gasteiger partial charge in [-0.05, 0) is 18.4 Å². The van der Waals surface area contributed by atoms with Crippen LogP contribution in [0, 0.1) is 0 Å². The highest BCUT2D eigenvalue weighted by molar-refractivity contribution is 5.27. The van der Waals surface area contributed by atoms with E-state index in [1.165, 1.54) is 6.42 Å². The first-order chi connectivity index (χ1) is 6.30. The highest BCUT2D eigenvalue weighted by Gasteiger charge is 2.38. The molecule has 1 aromatic rings. The molecule has 13 heavy (non-hydrogen) atoms. The molecule has 3 heteroatoms. The van der Waals surface area contributed by atoms with Crippen molar-refractivity contribution in [1.29, 1.82) is 0 Å². The molecule has 0 radical (unpaired) electrons. The van der Waals surface area contributed by atoms with E-state index in [9.17, 15) is 5.11 Å². The standard InChI is InChI=1S/C10H14N2O/c1-2-12-7-9(6-11-12)10(8-13)4-3-5-10/h2,6-7,13H,1,3-5,8H2. The second-order valence-corrected chi connectivity index (χ2v) is 3.68. The van der Waals surface area contributed by atoms with Gasteiger partial charge in [0.25, 0.3) is 0 Å². The van der Waals surface area contributed by atoms with E-state index in [4.69, 9.17) is 0 Å². The summed E-state index contributed by atoms with van der Waals surface area (Å²) >= 11 is 0. The molecule has 0 amide bonds. The molecular formula is C10H14N2O. The minimum atomic E-state index is 0.00125. The summed E-state index contributed by atoms with van der Waals surface area (Å²) < 4.78 is 1.69. The van der Waals surface area contributed by atoms with Crippen LogP contribution in [0.4, 0.5) is 0 Å². The van der Waals surface area contributed by atoms with Crippen molar-refractivity contribution in [1.82, 2.24) is 9.78 Å². The van der Waals surface area contributed by atoms with Crippen LogP contribution >= 0.6 is 0 Å². The van der Waals surface area contributed by atoms with Gasteiger partial charge in [-0.1, -0.05) is 13.0 Å². The molecule has 1 aliphatic carbocycles. The van der Waals surface area contributed by atoms with E-state index in [2.05, 4.69) is 11.7 Å². The first-order valence-corrected chi connectivity index (χ1v) is 4.59. The predicted molar refractivity (Wildman–Crippen MR) is 51.2 cm³/mol. The van der Waals surface area contributed by atoms with E-state index in [1.54, 1.807) is 10.9 Å². The van der Waals surface area contributed by atoms with Crippen molar-refractivity contribution in [3.8, 4) is 0 Å². The summed E-state index contributed by atoms with van der Waals surface area (Å²) in [6, 6.07) is 0. The van der Waals surface area contributed by atoms with Crippen molar-refractivity contribution in [2.24, 2.45) is 0 Å². The molecule has 1 heterocycles. The number of aliphatic hydroxyl groups is 1. The van der Waals surface area contributed by atoms with Gasteiger partial charge < -0.3 is 5.11 Å². The Hall–Kier alpha value is -1.09. The molecule has 2 rings (SSSR count). The van der Waals surface area contributed by atoms with Gasteiger partial charge in [0.2, 0.25) is 0 Å². The van der Waals surface area contributed by atoms with Gasteiger partial charge in [-0.25, -0.2) is 4.68 Å². The number of aromatic nitrogens is 2. The van der Waals surface area contributed by atoms with E-state index in [1.807, 2.05) is 12.4 Å². The van der Waals surface area contributed by atoms with Crippen molar-refractivity contribution in [3.63, 3.8) is 0 Å². The Labute approximate surface area is 77.7 Å². The second kappa shape index (κ2) is 3.00. The average molecular weight is 178 g/mol. The van der Waals surface area contributed by atoms with Crippen molar-refractivity contribution in [3.05, 3.63) is 24.5 Å². The van der Waals surface area contributed by atoms with Crippen molar-refractivity contribution in [2.75, 3.05) is 6.61 Å². The Morgan fingerprint density at radius 2 is 2.46 bits per heavy atom. The summed E-state index contributed by atoms with van der Waals surface area (Å²) in [4.78, 5) is 0. The lowest BCUT2D eigenvalue weighted by Crippen LogP contribution is -2.37. The summed E-state index contributed by atoms with van der Waals surface area (Å²) in [6.45, 7) is 3.87. The normalized spacial score (nSPS) is 19.5. The van der Waals surface area contributed by atoms with E-state index in [-0.39, 0.29) is 12.0 Å². The highest BCUT2D eigenvalue weighted by Crippen LogP contribution is 2.42. The Morgan fingerprint density at radius 3 is 2.85 bits per heavy atom. The molecule has 0 atom stereocenters. The van der Waals surface area contributed by atoms with Crippen molar-refractivity contribution < 1.29 is 5.11 Å². The summed E-state index contributed by atoms with van der Waals surface area (Å²) in [5, 5.41) is 13.4. The number of aliphatic hydroxyl groups excluding tert-OH is 1. The van der Waals surface area contributed by atoms with E-state index in [0.29, 0.717) is 0 Å². The Balaban J connectivity index is 2.27. The minimum absolute atomic E-state index is 0.00125. The van der Waals surface area contributed by atoms with Gasteiger partial charge in [0, 0.05) is 17.8 Å². The first-order valence-electron chi connectivity index (χ1n) is 4.59. The smallest absolute Gasteiger partial charge is 0.0532 e. The molecule has 1 fully saturated rings. The largest absolute Gasteiger partial charge is 0.395 e. The van der Waals surface area contributed by atoms with E-state index >= 15 is 0 Å². The quantitative estimate of drug-likeness (QED) is 0.759. The fourth-order valence-electron chi connectivity index (χ4n) is 1.85. The number of rotatable bonds is 3. The molecule has 1 aliphatic rings. The highest BCUT2D eigenvalue weighted by atomic mass is 16.3. The van der Waals surface area contributed by atoms with Gasteiger partial charge in [-0.15, -0.1) is 0 Å². The van der Waals surface area contributed by atoms with Crippen LogP contribution in [-0.2, 0) is 5.41 Å². The fraction of sp³-hybridized carbons (Fsp3) is 0.500. The third-order valence-electron chi connectivity index (χ3n) is 3.01. The lowest BCUT2D eigenvalue weighted by molar-refractivity contribution is 0.120. The van der Waals surface area contributed by atoms with Gasteiger partial charge >= 0.3 is 0 Å². The number of hydrogen-bond acceptors (Lipinski definition) is 2. The maximum absolute atomic E-state index is 9.31. The zero-order valence-electron chi connectivity index (χ0n) is 7.61. The molecule has 0 aliphatic heterocycles. The van der Waals surface area contributed by atoms with Gasteiger partial charge in [-0.2, -0.15) is 5.10 Å². The van der Waals surface area contributed by atoms with Crippen molar-refractivity contribution >= 4 is 6.20 Å². The summed E-state index contributed by atoms with van der Waals surface area (Å²) in [6.07, 6.45) is 8.80. The van der Waals surface area contributed by atoms with Crippen LogP contribution in [-0.4, -0.2) is 21.5 Å². The molecule has 0 bridgehead atoms. The third kappa shape index (κ3) is 1.20. The molecule has 70 valence electrons. The molecule has 3 nitrogen and oxygen atoms in total. The lowest BCUT2D eigenvalue weighted by Gasteiger charge is -2.39. The van der Waals surface area contributed by atoms with Crippen LogP contribution in [0.15, 0.2) is 19.0 Å². The molecule has 0 unspecified atom stereocenters.